The SMILES string of the molecule is CCOC(=O)CC(C)Nc1cc(Cl)nc(N)n1. The number of nitrogens with zero attached hydrogens (tertiary/aromatic N) is 2. The molecule has 0 saturated heterocycles. The summed E-state index contributed by atoms with van der Waals surface area (Å²) >= 11 is 5.73. The van der Waals surface area contributed by atoms with Gasteiger partial charge in [-0.15, -0.1) is 0 Å². The molecule has 1 aromatic rings. The van der Waals surface area contributed by atoms with Gasteiger partial charge in [0, 0.05) is 12.1 Å². The van der Waals surface area contributed by atoms with Gasteiger partial charge in [0.2, 0.25) is 5.95 Å². The molecule has 3 N–H and O–H groups in total. The predicted molar refractivity (Wildman–Crippen MR) is 65.8 cm³/mol. The monoisotopic (exact) mass is 258 g/mol. The van der Waals surface area contributed by atoms with Crippen LogP contribution in [0, 0.1) is 0 Å². The highest BCUT2D eigenvalue weighted by molar-refractivity contribution is 6.29. The lowest BCUT2D eigenvalue weighted by molar-refractivity contribution is -0.143. The van der Waals surface area contributed by atoms with E-state index in [2.05, 4.69) is 15.3 Å². The topological polar surface area (TPSA) is 90.1 Å². The normalized spacial score (nSPS) is 11.9. The van der Waals surface area contributed by atoms with Gasteiger partial charge in [-0.3, -0.25) is 4.79 Å². The summed E-state index contributed by atoms with van der Waals surface area (Å²) in [5, 5.41) is 3.25. The van der Waals surface area contributed by atoms with E-state index in [0.717, 1.165) is 0 Å². The fraction of sp³-hybridized carbons (Fsp3) is 0.500. The molecule has 7 heteroatoms. The van der Waals surface area contributed by atoms with Crippen molar-refractivity contribution in [3.8, 4) is 0 Å². The first kappa shape index (κ1) is 13.5. The van der Waals surface area contributed by atoms with Crippen molar-refractivity contribution in [3.63, 3.8) is 0 Å². The third kappa shape index (κ3) is 4.86. The van der Waals surface area contributed by atoms with Gasteiger partial charge in [-0.2, -0.15) is 4.98 Å². The Balaban J connectivity index is 2.55. The summed E-state index contributed by atoms with van der Waals surface area (Å²) in [6.07, 6.45) is 0.245. The van der Waals surface area contributed by atoms with Crippen LogP contribution in [0.25, 0.3) is 0 Å². The largest absolute Gasteiger partial charge is 0.466 e. The van der Waals surface area contributed by atoms with Gasteiger partial charge in [0.25, 0.3) is 0 Å². The van der Waals surface area contributed by atoms with Crippen LogP contribution in [0.2, 0.25) is 5.15 Å². The van der Waals surface area contributed by atoms with E-state index >= 15 is 0 Å². The lowest BCUT2D eigenvalue weighted by Gasteiger charge is -2.13. The second-order valence-corrected chi connectivity index (χ2v) is 3.88. The molecule has 0 aliphatic rings. The molecular formula is C10H15ClN4O2. The maximum absolute atomic E-state index is 11.2. The molecule has 0 spiro atoms. The molecule has 0 aromatic carbocycles. The average molecular weight is 259 g/mol. The van der Waals surface area contributed by atoms with Crippen LogP contribution in [0.5, 0.6) is 0 Å². The van der Waals surface area contributed by atoms with Crippen molar-refractivity contribution in [2.45, 2.75) is 26.3 Å². The Bertz CT molecular complexity index is 380. The number of nitrogen functional groups attached to an aromatic ring is 1. The summed E-state index contributed by atoms with van der Waals surface area (Å²) in [4.78, 5) is 18.9. The Morgan fingerprint density at radius 1 is 1.65 bits per heavy atom. The zero-order chi connectivity index (χ0) is 12.8. The maximum atomic E-state index is 11.2. The third-order valence-electron chi connectivity index (χ3n) is 1.88. The molecule has 1 atom stereocenters. The second-order valence-electron chi connectivity index (χ2n) is 3.49. The molecule has 0 amide bonds. The molecule has 0 aliphatic heterocycles. The highest BCUT2D eigenvalue weighted by Gasteiger charge is 2.11. The van der Waals surface area contributed by atoms with Gasteiger partial charge in [-0.05, 0) is 13.8 Å². The van der Waals surface area contributed by atoms with Crippen molar-refractivity contribution in [1.82, 2.24) is 9.97 Å². The minimum absolute atomic E-state index is 0.0864. The van der Waals surface area contributed by atoms with E-state index < -0.39 is 0 Å². The minimum atomic E-state index is -0.263. The van der Waals surface area contributed by atoms with Crippen LogP contribution in [-0.4, -0.2) is 28.6 Å². The first-order chi connectivity index (χ1) is 8.01. The van der Waals surface area contributed by atoms with Crippen LogP contribution in [0.15, 0.2) is 6.07 Å². The number of rotatable bonds is 5. The number of aromatic nitrogens is 2. The Morgan fingerprint density at radius 3 is 2.94 bits per heavy atom. The van der Waals surface area contributed by atoms with Crippen LogP contribution < -0.4 is 11.1 Å². The van der Waals surface area contributed by atoms with E-state index in [9.17, 15) is 4.79 Å². The van der Waals surface area contributed by atoms with E-state index in [1.165, 1.54) is 0 Å². The second kappa shape index (κ2) is 6.24. The predicted octanol–water partition coefficient (Wildman–Crippen LogP) is 1.47. The zero-order valence-corrected chi connectivity index (χ0v) is 10.5. The highest BCUT2D eigenvalue weighted by Crippen LogP contribution is 2.14. The molecule has 0 aliphatic carbocycles. The number of hydrogen-bond donors (Lipinski definition) is 2. The third-order valence-corrected chi connectivity index (χ3v) is 2.08. The molecule has 0 saturated carbocycles. The van der Waals surface area contributed by atoms with E-state index in [4.69, 9.17) is 22.1 Å². The lowest BCUT2D eigenvalue weighted by atomic mass is 10.2. The molecule has 6 nitrogen and oxygen atoms in total. The van der Waals surface area contributed by atoms with Crippen LogP contribution in [-0.2, 0) is 9.53 Å². The Morgan fingerprint density at radius 2 is 2.35 bits per heavy atom. The number of ether oxygens (including phenoxy) is 1. The highest BCUT2D eigenvalue weighted by atomic mass is 35.5. The van der Waals surface area contributed by atoms with Gasteiger partial charge in [0.15, 0.2) is 0 Å². The minimum Gasteiger partial charge on any atom is -0.466 e. The van der Waals surface area contributed by atoms with Crippen molar-refractivity contribution < 1.29 is 9.53 Å². The van der Waals surface area contributed by atoms with Gasteiger partial charge >= 0.3 is 5.97 Å². The first-order valence-corrected chi connectivity index (χ1v) is 5.61. The molecule has 0 radical (unpaired) electrons. The number of carbonyl (C=O) groups is 1. The number of carbonyl (C=O) groups excluding carboxylic acids is 1. The summed E-state index contributed by atoms with van der Waals surface area (Å²) in [5.74, 6) is 0.309. The first-order valence-electron chi connectivity index (χ1n) is 5.23. The Labute approximate surface area is 105 Å². The van der Waals surface area contributed by atoms with Crippen molar-refractivity contribution in [2.75, 3.05) is 17.7 Å². The molecule has 1 aromatic heterocycles. The van der Waals surface area contributed by atoms with E-state index in [-0.39, 0.29) is 29.5 Å². The molecule has 1 heterocycles. The zero-order valence-electron chi connectivity index (χ0n) is 9.74. The number of esters is 1. The van der Waals surface area contributed by atoms with Crippen LogP contribution >= 0.6 is 11.6 Å². The summed E-state index contributed by atoms with van der Waals surface area (Å²) in [7, 11) is 0. The molecule has 1 unspecified atom stereocenters. The fourth-order valence-corrected chi connectivity index (χ4v) is 1.47. The summed E-state index contributed by atoms with van der Waals surface area (Å²) in [6, 6.07) is 1.42. The number of hydrogen-bond acceptors (Lipinski definition) is 6. The molecule has 94 valence electrons. The number of nitrogens with two attached hydrogens (primary N) is 1. The van der Waals surface area contributed by atoms with Gasteiger partial charge in [-0.25, -0.2) is 4.98 Å². The van der Waals surface area contributed by atoms with Gasteiger partial charge in [0.1, 0.15) is 11.0 Å². The van der Waals surface area contributed by atoms with Gasteiger partial charge in [-0.1, -0.05) is 11.6 Å². The van der Waals surface area contributed by atoms with E-state index in [1.807, 2.05) is 6.92 Å². The molecule has 17 heavy (non-hydrogen) atoms. The van der Waals surface area contributed by atoms with Gasteiger partial charge < -0.3 is 15.8 Å². The molecule has 0 fully saturated rings. The Kier molecular flexibility index (Phi) is 4.96. The number of anilines is 2. The van der Waals surface area contributed by atoms with Crippen LogP contribution in [0.3, 0.4) is 0 Å². The van der Waals surface area contributed by atoms with Crippen LogP contribution in [0.1, 0.15) is 20.3 Å². The Hall–Kier alpha value is -1.56. The molecule has 0 bridgehead atoms. The van der Waals surface area contributed by atoms with E-state index in [1.54, 1.807) is 13.0 Å². The summed E-state index contributed by atoms with van der Waals surface area (Å²) in [5.41, 5.74) is 5.45. The maximum Gasteiger partial charge on any atom is 0.307 e. The standard InChI is InChI=1S/C10H15ClN4O2/c1-3-17-9(16)4-6(2)13-8-5-7(11)14-10(12)15-8/h5-6H,3-4H2,1-2H3,(H3,12,13,14,15). The van der Waals surface area contributed by atoms with Crippen LogP contribution in [0.4, 0.5) is 11.8 Å². The fourth-order valence-electron chi connectivity index (χ4n) is 1.28. The van der Waals surface area contributed by atoms with Crippen molar-refractivity contribution in [3.05, 3.63) is 11.2 Å². The van der Waals surface area contributed by atoms with Crippen molar-refractivity contribution >= 4 is 29.3 Å². The number of nitrogens with one attached hydrogen (secondary N) is 1. The lowest BCUT2D eigenvalue weighted by Crippen LogP contribution is -2.21. The molecule has 1 rings (SSSR count). The average Bonchev–Trinajstić information content (AvgIpc) is 2.14. The quantitative estimate of drug-likeness (QED) is 0.614. The molecular weight excluding hydrogens is 244 g/mol. The summed E-state index contributed by atoms with van der Waals surface area (Å²) < 4.78 is 4.84. The summed E-state index contributed by atoms with van der Waals surface area (Å²) in [6.45, 7) is 3.97. The van der Waals surface area contributed by atoms with Crippen molar-refractivity contribution in [1.29, 1.82) is 0 Å². The van der Waals surface area contributed by atoms with E-state index in [0.29, 0.717) is 12.4 Å². The number of halogens is 1. The smallest absolute Gasteiger partial charge is 0.307 e. The van der Waals surface area contributed by atoms with Crippen molar-refractivity contribution in [2.24, 2.45) is 0 Å². The van der Waals surface area contributed by atoms with Gasteiger partial charge in [0.05, 0.1) is 13.0 Å².